The van der Waals surface area contributed by atoms with E-state index in [4.69, 9.17) is 0 Å². The fourth-order valence-corrected chi connectivity index (χ4v) is 3.43. The number of nitrogens with one attached hydrogen (secondary N) is 2. The molecule has 1 aliphatic heterocycles. The Balaban J connectivity index is 1.71. The molecule has 0 spiro atoms. The molecule has 0 saturated heterocycles. The van der Waals surface area contributed by atoms with Gasteiger partial charge < -0.3 is 4.98 Å². The van der Waals surface area contributed by atoms with Crippen LogP contribution in [0.1, 0.15) is 55.2 Å². The Morgan fingerprint density at radius 2 is 2.20 bits per heavy atom. The Labute approximate surface area is 147 Å². The molecule has 1 aliphatic rings. The van der Waals surface area contributed by atoms with Gasteiger partial charge in [0.1, 0.15) is 0 Å². The molecule has 4 rings (SSSR count). The van der Waals surface area contributed by atoms with Crippen LogP contribution in [-0.4, -0.2) is 36.6 Å². The first-order chi connectivity index (χ1) is 12.0. The van der Waals surface area contributed by atoms with Crippen LogP contribution in [0, 0.1) is 0 Å². The second-order valence-corrected chi connectivity index (χ2v) is 7.71. The van der Waals surface area contributed by atoms with E-state index in [1.165, 1.54) is 11.3 Å². The number of rotatable bonds is 3. The van der Waals surface area contributed by atoms with Gasteiger partial charge in [0.05, 0.1) is 29.5 Å². The molecule has 0 saturated carbocycles. The van der Waals surface area contributed by atoms with E-state index in [0.29, 0.717) is 0 Å². The second kappa shape index (κ2) is 6.11. The molecule has 3 aromatic rings. The Kier molecular flexibility index (Phi) is 3.92. The molecule has 0 aromatic carbocycles. The summed E-state index contributed by atoms with van der Waals surface area (Å²) in [7, 11) is 0. The molecule has 25 heavy (non-hydrogen) atoms. The minimum atomic E-state index is 0.0198. The van der Waals surface area contributed by atoms with Crippen LogP contribution in [0.3, 0.4) is 0 Å². The van der Waals surface area contributed by atoms with E-state index in [1.807, 2.05) is 18.5 Å². The maximum atomic E-state index is 4.62. The summed E-state index contributed by atoms with van der Waals surface area (Å²) in [6.07, 6.45) is 6.52. The summed E-state index contributed by atoms with van der Waals surface area (Å²) in [5.41, 5.74) is 5.72. The first-order valence-electron chi connectivity index (χ1n) is 8.73. The first kappa shape index (κ1) is 16.0. The number of aromatic nitrogens is 5. The minimum absolute atomic E-state index is 0.0198. The third-order valence-electron chi connectivity index (χ3n) is 4.79. The van der Waals surface area contributed by atoms with Crippen molar-refractivity contribution in [3.8, 4) is 0 Å². The van der Waals surface area contributed by atoms with Crippen LogP contribution in [0.2, 0.25) is 0 Å². The van der Waals surface area contributed by atoms with Gasteiger partial charge in [0, 0.05) is 43.0 Å². The van der Waals surface area contributed by atoms with Crippen molar-refractivity contribution in [2.24, 2.45) is 0 Å². The van der Waals surface area contributed by atoms with Crippen LogP contribution < -0.4 is 0 Å². The Morgan fingerprint density at radius 1 is 1.32 bits per heavy atom. The van der Waals surface area contributed by atoms with Gasteiger partial charge in [-0.15, -0.1) is 0 Å². The summed E-state index contributed by atoms with van der Waals surface area (Å²) in [4.78, 5) is 14.6. The fraction of sp³-hybridized carbons (Fsp3) is 0.421. The molecule has 0 amide bonds. The Morgan fingerprint density at radius 3 is 2.92 bits per heavy atom. The van der Waals surface area contributed by atoms with Gasteiger partial charge in [0.2, 0.25) is 0 Å². The number of hydrogen-bond donors (Lipinski definition) is 2. The van der Waals surface area contributed by atoms with E-state index in [9.17, 15) is 0 Å². The molecule has 130 valence electrons. The zero-order valence-electron chi connectivity index (χ0n) is 15.0. The van der Waals surface area contributed by atoms with Gasteiger partial charge in [-0.25, -0.2) is 4.98 Å². The lowest BCUT2D eigenvalue weighted by atomic mass is 9.91. The molecule has 2 N–H and O–H groups in total. The quantitative estimate of drug-likeness (QED) is 0.771. The van der Waals surface area contributed by atoms with Gasteiger partial charge in [0.25, 0.3) is 0 Å². The monoisotopic (exact) mass is 336 g/mol. The van der Waals surface area contributed by atoms with Crippen molar-refractivity contribution < 1.29 is 0 Å². The summed E-state index contributed by atoms with van der Waals surface area (Å²) >= 11 is 0. The van der Waals surface area contributed by atoms with E-state index in [-0.39, 0.29) is 11.5 Å². The summed E-state index contributed by atoms with van der Waals surface area (Å²) in [6.45, 7) is 8.36. The second-order valence-electron chi connectivity index (χ2n) is 7.71. The third kappa shape index (κ3) is 3.09. The van der Waals surface area contributed by atoms with Crippen molar-refractivity contribution in [2.75, 3.05) is 6.54 Å². The van der Waals surface area contributed by atoms with Crippen LogP contribution >= 0.6 is 0 Å². The van der Waals surface area contributed by atoms with Crippen LogP contribution in [-0.2, 0) is 18.4 Å². The summed E-state index contributed by atoms with van der Waals surface area (Å²) < 4.78 is 0. The molecule has 0 aliphatic carbocycles. The highest BCUT2D eigenvalue weighted by molar-refractivity contribution is 5.31. The lowest BCUT2D eigenvalue weighted by Crippen LogP contribution is -2.36. The zero-order chi connectivity index (χ0) is 17.4. The van der Waals surface area contributed by atoms with Gasteiger partial charge in [-0.1, -0.05) is 26.8 Å². The number of imidazole rings is 1. The van der Waals surface area contributed by atoms with Crippen molar-refractivity contribution in [3.63, 3.8) is 0 Å². The van der Waals surface area contributed by atoms with E-state index in [1.54, 1.807) is 6.33 Å². The third-order valence-corrected chi connectivity index (χ3v) is 4.79. The van der Waals surface area contributed by atoms with Gasteiger partial charge >= 0.3 is 0 Å². The first-order valence-corrected chi connectivity index (χ1v) is 8.73. The van der Waals surface area contributed by atoms with Crippen LogP contribution in [0.4, 0.5) is 0 Å². The van der Waals surface area contributed by atoms with Gasteiger partial charge in [-0.2, -0.15) is 5.10 Å². The van der Waals surface area contributed by atoms with Crippen molar-refractivity contribution in [3.05, 3.63) is 65.3 Å². The molecular formula is C19H24N6. The van der Waals surface area contributed by atoms with E-state index in [2.05, 4.69) is 63.0 Å². The van der Waals surface area contributed by atoms with Crippen molar-refractivity contribution in [1.82, 2.24) is 30.0 Å². The number of hydrogen-bond acceptors (Lipinski definition) is 4. The van der Waals surface area contributed by atoms with Crippen LogP contribution in [0.5, 0.6) is 0 Å². The Bertz CT molecular complexity index is 842. The normalized spacial score (nSPS) is 18.3. The lowest BCUT2D eigenvalue weighted by Gasteiger charge is -2.34. The molecule has 0 radical (unpaired) electrons. The molecular weight excluding hydrogens is 312 g/mol. The predicted molar refractivity (Wildman–Crippen MR) is 96.1 cm³/mol. The molecule has 1 unspecified atom stereocenters. The standard InChI is InChI=1S/C19H24N6/c1-19(2,3)16-9-15(23-24-16)18-17-14(21-12-22-17)6-8-25(18)11-13-5-4-7-20-10-13/h4-5,7,9-10,12,18H,6,8,11H2,1-3H3,(H,21,22)(H,23,24). The number of pyridine rings is 1. The van der Waals surface area contributed by atoms with E-state index in [0.717, 1.165) is 36.6 Å². The highest BCUT2D eigenvalue weighted by atomic mass is 15.2. The summed E-state index contributed by atoms with van der Waals surface area (Å²) in [5.74, 6) is 0. The SMILES string of the molecule is CC(C)(C)c1cc(C2c3nc[nH]c3CCN2Cc2cccnc2)[nH]n1. The molecule has 4 heterocycles. The van der Waals surface area contributed by atoms with Crippen LogP contribution in [0.15, 0.2) is 36.9 Å². The Hall–Kier alpha value is -2.47. The molecule has 3 aromatic heterocycles. The number of H-pyrrole nitrogens is 2. The predicted octanol–water partition coefficient (Wildman–Crippen LogP) is 2.97. The smallest absolute Gasteiger partial charge is 0.0965 e. The van der Waals surface area contributed by atoms with Crippen molar-refractivity contribution in [1.29, 1.82) is 0 Å². The molecule has 0 bridgehead atoms. The molecule has 6 nitrogen and oxygen atoms in total. The van der Waals surface area contributed by atoms with Crippen molar-refractivity contribution >= 4 is 0 Å². The minimum Gasteiger partial charge on any atom is -0.348 e. The number of aromatic amines is 2. The van der Waals surface area contributed by atoms with E-state index < -0.39 is 0 Å². The highest BCUT2D eigenvalue weighted by Gasteiger charge is 2.33. The number of nitrogens with zero attached hydrogens (tertiary/aromatic N) is 4. The zero-order valence-corrected chi connectivity index (χ0v) is 15.0. The summed E-state index contributed by atoms with van der Waals surface area (Å²) in [6, 6.07) is 6.38. The fourth-order valence-electron chi connectivity index (χ4n) is 3.43. The average Bonchev–Trinajstić information content (AvgIpc) is 3.24. The summed E-state index contributed by atoms with van der Waals surface area (Å²) in [5, 5.41) is 7.83. The maximum absolute atomic E-state index is 4.62. The van der Waals surface area contributed by atoms with Gasteiger partial charge in [0.15, 0.2) is 0 Å². The van der Waals surface area contributed by atoms with Gasteiger partial charge in [-0.05, 0) is 17.7 Å². The molecule has 1 atom stereocenters. The average molecular weight is 336 g/mol. The largest absolute Gasteiger partial charge is 0.348 e. The highest BCUT2D eigenvalue weighted by Crippen LogP contribution is 2.34. The molecule has 6 heteroatoms. The van der Waals surface area contributed by atoms with E-state index >= 15 is 0 Å². The number of fused-ring (bicyclic) bond motifs is 1. The lowest BCUT2D eigenvalue weighted by molar-refractivity contribution is 0.196. The van der Waals surface area contributed by atoms with Gasteiger partial charge in [-0.3, -0.25) is 15.0 Å². The van der Waals surface area contributed by atoms with Crippen molar-refractivity contribution in [2.45, 2.75) is 45.2 Å². The van der Waals surface area contributed by atoms with Crippen LogP contribution in [0.25, 0.3) is 0 Å². The molecule has 0 fully saturated rings. The topological polar surface area (TPSA) is 73.5 Å². The maximum Gasteiger partial charge on any atom is 0.0965 e.